The molecule has 0 spiro atoms. The lowest BCUT2D eigenvalue weighted by atomic mass is 10.3. The van der Waals surface area contributed by atoms with E-state index in [2.05, 4.69) is 15.3 Å². The highest BCUT2D eigenvalue weighted by atomic mass is 19.4. The first-order chi connectivity index (χ1) is 11.9. The highest BCUT2D eigenvalue weighted by Gasteiger charge is 2.38. The van der Waals surface area contributed by atoms with Gasteiger partial charge in [0.2, 0.25) is 11.7 Å². The summed E-state index contributed by atoms with van der Waals surface area (Å²) in [6.07, 6.45) is -3.32. The Hall–Kier alpha value is -2.91. The van der Waals surface area contributed by atoms with E-state index in [9.17, 15) is 18.0 Å². The first-order valence-corrected chi connectivity index (χ1v) is 7.61. The van der Waals surface area contributed by atoms with Crippen molar-refractivity contribution in [2.24, 2.45) is 0 Å². The van der Waals surface area contributed by atoms with Gasteiger partial charge in [-0.2, -0.15) is 13.2 Å². The molecule has 3 heterocycles. The van der Waals surface area contributed by atoms with Crippen molar-refractivity contribution in [2.75, 3.05) is 6.54 Å². The number of carbonyl (C=O) groups is 1. The Balaban J connectivity index is 1.52. The molecule has 1 aromatic carbocycles. The molecule has 0 saturated heterocycles. The van der Waals surface area contributed by atoms with E-state index in [0.29, 0.717) is 11.2 Å². The number of nitrogens with zero attached hydrogens (tertiary/aromatic N) is 6. The SMILES string of the molecule is O=C(Cn1nnc2ccccc21)N1CCn2c(cnc2C(F)(F)F)C1. The van der Waals surface area contributed by atoms with Gasteiger partial charge in [0.25, 0.3) is 0 Å². The lowest BCUT2D eigenvalue weighted by Gasteiger charge is -2.29. The monoisotopic (exact) mass is 350 g/mol. The van der Waals surface area contributed by atoms with Crippen LogP contribution in [0.4, 0.5) is 13.2 Å². The van der Waals surface area contributed by atoms with E-state index < -0.39 is 12.0 Å². The van der Waals surface area contributed by atoms with Crippen molar-refractivity contribution in [2.45, 2.75) is 25.8 Å². The quantitative estimate of drug-likeness (QED) is 0.705. The first kappa shape index (κ1) is 15.6. The maximum absolute atomic E-state index is 12.9. The van der Waals surface area contributed by atoms with Crippen molar-refractivity contribution < 1.29 is 18.0 Å². The summed E-state index contributed by atoms with van der Waals surface area (Å²) in [6, 6.07) is 7.25. The maximum atomic E-state index is 12.9. The van der Waals surface area contributed by atoms with Crippen LogP contribution in [0, 0.1) is 0 Å². The van der Waals surface area contributed by atoms with E-state index >= 15 is 0 Å². The summed E-state index contributed by atoms with van der Waals surface area (Å²) in [4.78, 5) is 17.5. The molecule has 0 atom stereocenters. The highest BCUT2D eigenvalue weighted by molar-refractivity contribution is 5.79. The van der Waals surface area contributed by atoms with Gasteiger partial charge in [-0.25, -0.2) is 9.67 Å². The molecule has 2 aromatic heterocycles. The third-order valence-electron chi connectivity index (χ3n) is 4.20. The zero-order valence-corrected chi connectivity index (χ0v) is 12.9. The van der Waals surface area contributed by atoms with Crippen LogP contribution in [0.1, 0.15) is 11.5 Å². The predicted octanol–water partition coefficient (Wildman–Crippen LogP) is 1.69. The molecule has 0 N–H and O–H groups in total. The molecule has 25 heavy (non-hydrogen) atoms. The van der Waals surface area contributed by atoms with E-state index in [1.807, 2.05) is 18.2 Å². The molecule has 0 fully saturated rings. The van der Waals surface area contributed by atoms with Gasteiger partial charge in [0.15, 0.2) is 0 Å². The molecule has 1 amide bonds. The van der Waals surface area contributed by atoms with Gasteiger partial charge in [0.1, 0.15) is 12.1 Å². The second kappa shape index (κ2) is 5.57. The second-order valence-electron chi connectivity index (χ2n) is 5.77. The Bertz CT molecular complexity index is 944. The van der Waals surface area contributed by atoms with Crippen LogP contribution in [0.25, 0.3) is 11.0 Å². The number of amides is 1. The van der Waals surface area contributed by atoms with Gasteiger partial charge in [-0.15, -0.1) is 5.10 Å². The van der Waals surface area contributed by atoms with Crippen LogP contribution in [-0.2, 0) is 30.6 Å². The molecular formula is C15H13F3N6O. The summed E-state index contributed by atoms with van der Waals surface area (Å²) in [5, 5.41) is 7.95. The zero-order chi connectivity index (χ0) is 17.6. The Morgan fingerprint density at radius 3 is 2.80 bits per heavy atom. The molecule has 130 valence electrons. The third kappa shape index (κ3) is 2.73. The van der Waals surface area contributed by atoms with E-state index in [1.54, 1.807) is 6.07 Å². The molecule has 1 aliphatic rings. The van der Waals surface area contributed by atoms with Crippen molar-refractivity contribution in [3.05, 3.63) is 42.0 Å². The van der Waals surface area contributed by atoms with Crippen molar-refractivity contribution in [3.63, 3.8) is 0 Å². The van der Waals surface area contributed by atoms with Gasteiger partial charge in [-0.05, 0) is 12.1 Å². The number of aromatic nitrogens is 5. The summed E-state index contributed by atoms with van der Waals surface area (Å²) in [5.41, 5.74) is 1.79. The fourth-order valence-electron chi connectivity index (χ4n) is 2.98. The van der Waals surface area contributed by atoms with E-state index in [-0.39, 0.29) is 32.1 Å². The minimum atomic E-state index is -4.50. The van der Waals surface area contributed by atoms with Gasteiger partial charge in [-0.1, -0.05) is 17.3 Å². The Morgan fingerprint density at radius 2 is 2.00 bits per heavy atom. The number of rotatable bonds is 2. The number of carbonyl (C=O) groups excluding carboxylic acids is 1. The second-order valence-corrected chi connectivity index (χ2v) is 5.77. The largest absolute Gasteiger partial charge is 0.449 e. The van der Waals surface area contributed by atoms with Gasteiger partial charge in [-0.3, -0.25) is 4.79 Å². The van der Waals surface area contributed by atoms with Crippen molar-refractivity contribution >= 4 is 16.9 Å². The minimum Gasteiger partial charge on any atom is -0.333 e. The van der Waals surface area contributed by atoms with E-state index in [4.69, 9.17) is 0 Å². The number of halogens is 3. The van der Waals surface area contributed by atoms with Crippen LogP contribution < -0.4 is 0 Å². The van der Waals surface area contributed by atoms with Gasteiger partial charge >= 0.3 is 6.18 Å². The number of alkyl halides is 3. The molecule has 10 heteroatoms. The smallest absolute Gasteiger partial charge is 0.333 e. The lowest BCUT2D eigenvalue weighted by molar-refractivity contribution is -0.148. The van der Waals surface area contributed by atoms with Gasteiger partial charge in [0, 0.05) is 13.1 Å². The standard InChI is InChI=1S/C15H13F3N6O/c16-15(17,18)14-19-7-10-8-22(5-6-23(10)14)13(25)9-24-12-4-2-1-3-11(12)20-21-24/h1-4,7H,5-6,8-9H2. The first-order valence-electron chi connectivity index (χ1n) is 7.61. The number of para-hydroxylation sites is 1. The molecule has 7 nitrogen and oxygen atoms in total. The third-order valence-corrected chi connectivity index (χ3v) is 4.20. The van der Waals surface area contributed by atoms with Crippen LogP contribution in [-0.4, -0.2) is 41.9 Å². The van der Waals surface area contributed by atoms with Crippen LogP contribution in [0.2, 0.25) is 0 Å². The van der Waals surface area contributed by atoms with Gasteiger partial charge in [0.05, 0.1) is 24.0 Å². The van der Waals surface area contributed by atoms with Crippen molar-refractivity contribution in [3.8, 4) is 0 Å². The normalized spacial score (nSPS) is 14.8. The van der Waals surface area contributed by atoms with Crippen LogP contribution in [0.3, 0.4) is 0 Å². The summed E-state index contributed by atoms with van der Waals surface area (Å²) in [5.74, 6) is -1.14. The molecule has 1 aliphatic heterocycles. The lowest BCUT2D eigenvalue weighted by Crippen LogP contribution is -2.40. The van der Waals surface area contributed by atoms with Crippen LogP contribution in [0.15, 0.2) is 30.5 Å². The number of fused-ring (bicyclic) bond motifs is 2. The molecule has 0 unspecified atom stereocenters. The van der Waals surface area contributed by atoms with Crippen LogP contribution >= 0.6 is 0 Å². The number of benzene rings is 1. The zero-order valence-electron chi connectivity index (χ0n) is 12.9. The predicted molar refractivity (Wildman–Crippen MR) is 80.2 cm³/mol. The Morgan fingerprint density at radius 1 is 1.20 bits per heavy atom. The number of hydrogen-bond donors (Lipinski definition) is 0. The molecule has 0 bridgehead atoms. The average Bonchev–Trinajstić information content (AvgIpc) is 3.18. The van der Waals surface area contributed by atoms with Crippen LogP contribution in [0.5, 0.6) is 0 Å². The average molecular weight is 350 g/mol. The van der Waals surface area contributed by atoms with Gasteiger partial charge < -0.3 is 9.47 Å². The molecule has 0 aliphatic carbocycles. The fraction of sp³-hybridized carbons (Fsp3) is 0.333. The summed E-state index contributed by atoms with van der Waals surface area (Å²) in [7, 11) is 0. The van der Waals surface area contributed by atoms with E-state index in [0.717, 1.165) is 10.1 Å². The number of imidazole rings is 1. The number of hydrogen-bond acceptors (Lipinski definition) is 4. The molecule has 3 aromatic rings. The minimum absolute atomic E-state index is 0.0131. The fourth-order valence-corrected chi connectivity index (χ4v) is 2.98. The summed E-state index contributed by atoms with van der Waals surface area (Å²) >= 11 is 0. The van der Waals surface area contributed by atoms with Crippen molar-refractivity contribution in [1.82, 2.24) is 29.4 Å². The topological polar surface area (TPSA) is 68.8 Å². The van der Waals surface area contributed by atoms with Crippen molar-refractivity contribution in [1.29, 1.82) is 0 Å². The van der Waals surface area contributed by atoms with E-state index in [1.165, 1.54) is 15.8 Å². The summed E-state index contributed by atoms with van der Waals surface area (Å²) in [6.45, 7) is 0.335. The Labute approximate surface area is 139 Å². The molecule has 0 radical (unpaired) electrons. The molecule has 0 saturated carbocycles. The Kier molecular flexibility index (Phi) is 3.48. The summed E-state index contributed by atoms with van der Waals surface area (Å²) < 4.78 is 41.3. The molecular weight excluding hydrogens is 337 g/mol. The maximum Gasteiger partial charge on any atom is 0.449 e. The highest BCUT2D eigenvalue weighted by Crippen LogP contribution is 2.30. The molecule has 4 rings (SSSR count).